The molecule has 6 nitrogen and oxygen atoms in total. The number of hydrogen-bond donors (Lipinski definition) is 0. The fourth-order valence-corrected chi connectivity index (χ4v) is 6.65. The van der Waals surface area contributed by atoms with E-state index < -0.39 is 15.4 Å². The third kappa shape index (κ3) is 4.04. The molecule has 0 saturated carbocycles. The molecule has 0 aromatic carbocycles. The van der Waals surface area contributed by atoms with Crippen molar-refractivity contribution in [3.8, 4) is 0 Å². The molecule has 0 aliphatic carbocycles. The number of piperidine rings is 2. The molecular weight excluding hydrogens is 328 g/mol. The minimum Gasteiger partial charge on any atom is -0.444 e. The van der Waals surface area contributed by atoms with Crippen LogP contribution in [0.15, 0.2) is 0 Å². The Kier molecular flexibility index (Phi) is 4.62. The Morgan fingerprint density at radius 2 is 1.75 bits per heavy atom. The second-order valence-corrected chi connectivity index (χ2v) is 10.9. The maximum absolute atomic E-state index is 12.3. The van der Waals surface area contributed by atoms with Gasteiger partial charge >= 0.3 is 6.09 Å². The summed E-state index contributed by atoms with van der Waals surface area (Å²) in [4.78, 5) is 16.6. The third-order valence-electron chi connectivity index (χ3n) is 5.48. The number of amides is 1. The molecule has 3 aliphatic rings. The molecule has 0 aromatic heterocycles. The van der Waals surface area contributed by atoms with Crippen LogP contribution in [0.4, 0.5) is 4.79 Å². The molecule has 1 atom stereocenters. The molecule has 0 radical (unpaired) electrons. The first-order valence-electron chi connectivity index (χ1n) is 9.00. The first-order chi connectivity index (χ1) is 11.1. The smallest absolute Gasteiger partial charge is 0.410 e. The summed E-state index contributed by atoms with van der Waals surface area (Å²) in [5.74, 6) is 0.755. The molecule has 0 N–H and O–H groups in total. The lowest BCUT2D eigenvalue weighted by Crippen LogP contribution is -2.58. The average Bonchev–Trinajstić information content (AvgIpc) is 2.44. The zero-order valence-corrected chi connectivity index (χ0v) is 15.9. The molecule has 3 saturated heterocycles. The normalized spacial score (nSPS) is 30.0. The van der Waals surface area contributed by atoms with E-state index in [1.165, 1.54) is 0 Å². The van der Waals surface area contributed by atoms with E-state index in [-0.39, 0.29) is 11.5 Å². The molecule has 1 amide bonds. The van der Waals surface area contributed by atoms with Crippen molar-refractivity contribution < 1.29 is 17.9 Å². The summed E-state index contributed by atoms with van der Waals surface area (Å²) in [5, 5.41) is 0. The highest BCUT2D eigenvalue weighted by atomic mass is 32.2. The van der Waals surface area contributed by atoms with Gasteiger partial charge in [-0.3, -0.25) is 4.90 Å². The molecule has 0 bridgehead atoms. The van der Waals surface area contributed by atoms with Gasteiger partial charge in [-0.1, -0.05) is 0 Å². The molecule has 138 valence electrons. The highest BCUT2D eigenvalue weighted by molar-refractivity contribution is 7.92. The number of nitrogens with zero attached hydrogens (tertiary/aromatic N) is 2. The lowest BCUT2D eigenvalue weighted by Gasteiger charge is -2.49. The Morgan fingerprint density at radius 3 is 2.29 bits per heavy atom. The lowest BCUT2D eigenvalue weighted by atomic mass is 9.80. The standard InChI is InChI=1S/C17H30N2O4S/c1-16(2,3)23-15(20)19-8-4-5-14(11-19)18-9-6-17(7-10-18)12-24(21,22)13-17/h14H,4-13H2,1-3H3. The van der Waals surface area contributed by atoms with Gasteiger partial charge in [0.1, 0.15) is 5.60 Å². The summed E-state index contributed by atoms with van der Waals surface area (Å²) < 4.78 is 28.5. The van der Waals surface area contributed by atoms with E-state index in [4.69, 9.17) is 4.74 Å². The predicted molar refractivity (Wildman–Crippen MR) is 92.7 cm³/mol. The molecule has 7 heteroatoms. The minimum atomic E-state index is -2.76. The highest BCUT2D eigenvalue weighted by Crippen LogP contribution is 2.42. The van der Waals surface area contributed by atoms with Gasteiger partial charge in [0.05, 0.1) is 11.5 Å². The molecule has 0 aromatic rings. The van der Waals surface area contributed by atoms with Gasteiger partial charge in [-0.05, 0) is 59.5 Å². The number of carbonyl (C=O) groups is 1. The van der Waals surface area contributed by atoms with Crippen LogP contribution in [-0.4, -0.2) is 73.6 Å². The van der Waals surface area contributed by atoms with Crippen molar-refractivity contribution in [3.63, 3.8) is 0 Å². The first kappa shape index (κ1) is 18.0. The maximum atomic E-state index is 12.3. The zero-order chi connectivity index (χ0) is 17.6. The van der Waals surface area contributed by atoms with Gasteiger partial charge in [0.25, 0.3) is 0 Å². The van der Waals surface area contributed by atoms with Gasteiger partial charge in [0.2, 0.25) is 0 Å². The van der Waals surface area contributed by atoms with Crippen molar-refractivity contribution >= 4 is 15.9 Å². The second kappa shape index (κ2) is 6.16. The molecule has 1 spiro atoms. The fourth-order valence-electron chi connectivity index (χ4n) is 4.29. The van der Waals surface area contributed by atoms with Crippen LogP contribution in [0.3, 0.4) is 0 Å². The Hall–Kier alpha value is -0.820. The first-order valence-corrected chi connectivity index (χ1v) is 10.8. The molecule has 3 rings (SSSR count). The monoisotopic (exact) mass is 358 g/mol. The van der Waals surface area contributed by atoms with Crippen LogP contribution in [0.5, 0.6) is 0 Å². The third-order valence-corrected chi connectivity index (χ3v) is 7.58. The Morgan fingerprint density at radius 1 is 1.12 bits per heavy atom. The summed E-state index contributed by atoms with van der Waals surface area (Å²) in [5.41, 5.74) is -0.411. The summed E-state index contributed by atoms with van der Waals surface area (Å²) in [6, 6.07) is 0.375. The molecule has 3 fully saturated rings. The van der Waals surface area contributed by atoms with Crippen molar-refractivity contribution in [1.82, 2.24) is 9.80 Å². The van der Waals surface area contributed by atoms with Crippen molar-refractivity contribution in [3.05, 3.63) is 0 Å². The van der Waals surface area contributed by atoms with E-state index >= 15 is 0 Å². The van der Waals surface area contributed by atoms with Gasteiger partial charge in [0, 0.05) is 24.5 Å². The maximum Gasteiger partial charge on any atom is 0.410 e. The van der Waals surface area contributed by atoms with Gasteiger partial charge < -0.3 is 9.64 Å². The topological polar surface area (TPSA) is 66.9 Å². The van der Waals surface area contributed by atoms with Gasteiger partial charge in [0.15, 0.2) is 9.84 Å². The van der Waals surface area contributed by atoms with Crippen LogP contribution < -0.4 is 0 Å². The average molecular weight is 359 g/mol. The summed E-state index contributed by atoms with van der Waals surface area (Å²) >= 11 is 0. The molecule has 24 heavy (non-hydrogen) atoms. The minimum absolute atomic E-state index is 0.0504. The molecule has 3 aliphatic heterocycles. The van der Waals surface area contributed by atoms with E-state index in [1.807, 2.05) is 25.7 Å². The number of rotatable bonds is 1. The van der Waals surface area contributed by atoms with Crippen molar-refractivity contribution in [2.75, 3.05) is 37.7 Å². The van der Waals surface area contributed by atoms with Crippen LogP contribution in [0, 0.1) is 5.41 Å². The van der Waals surface area contributed by atoms with Crippen LogP contribution in [-0.2, 0) is 14.6 Å². The number of ether oxygens (including phenoxy) is 1. The molecular formula is C17H30N2O4S. The van der Waals surface area contributed by atoms with Gasteiger partial charge in [-0.2, -0.15) is 0 Å². The molecule has 3 heterocycles. The van der Waals surface area contributed by atoms with Crippen LogP contribution >= 0.6 is 0 Å². The zero-order valence-electron chi connectivity index (χ0n) is 15.1. The summed E-state index contributed by atoms with van der Waals surface area (Å²) in [6.45, 7) is 9.06. The second-order valence-electron chi connectivity index (χ2n) is 8.79. The number of sulfone groups is 1. The highest BCUT2D eigenvalue weighted by Gasteiger charge is 2.50. The lowest BCUT2D eigenvalue weighted by molar-refractivity contribution is 0.00349. The Bertz CT molecular complexity index is 574. The fraction of sp³-hybridized carbons (Fsp3) is 0.941. The Balaban J connectivity index is 1.52. The van der Waals surface area contributed by atoms with E-state index in [1.54, 1.807) is 0 Å². The summed E-state index contributed by atoms with van der Waals surface area (Å²) in [6.07, 6.45) is 3.82. The largest absolute Gasteiger partial charge is 0.444 e. The number of hydrogen-bond acceptors (Lipinski definition) is 5. The quantitative estimate of drug-likeness (QED) is 0.716. The van der Waals surface area contributed by atoms with E-state index in [0.29, 0.717) is 17.5 Å². The molecule has 1 unspecified atom stereocenters. The number of carbonyl (C=O) groups excluding carboxylic acids is 1. The SMILES string of the molecule is CC(C)(C)OC(=O)N1CCCC(N2CCC3(CC2)CS(=O)(=O)C3)C1. The summed E-state index contributed by atoms with van der Waals surface area (Å²) in [7, 11) is -2.76. The van der Waals surface area contributed by atoms with E-state index in [0.717, 1.165) is 51.9 Å². The van der Waals surface area contributed by atoms with Crippen LogP contribution in [0.25, 0.3) is 0 Å². The van der Waals surface area contributed by atoms with Crippen molar-refractivity contribution in [2.45, 2.75) is 58.1 Å². The number of likely N-dealkylation sites (tertiary alicyclic amines) is 2. The van der Waals surface area contributed by atoms with Gasteiger partial charge in [-0.25, -0.2) is 13.2 Å². The predicted octanol–water partition coefficient (Wildman–Crippen LogP) is 1.90. The van der Waals surface area contributed by atoms with Crippen LogP contribution in [0.2, 0.25) is 0 Å². The van der Waals surface area contributed by atoms with Crippen LogP contribution in [0.1, 0.15) is 46.5 Å². The van der Waals surface area contributed by atoms with Crippen molar-refractivity contribution in [2.24, 2.45) is 5.41 Å². The van der Waals surface area contributed by atoms with Crippen molar-refractivity contribution in [1.29, 1.82) is 0 Å². The van der Waals surface area contributed by atoms with Gasteiger partial charge in [-0.15, -0.1) is 0 Å². The van der Waals surface area contributed by atoms with E-state index in [2.05, 4.69) is 4.90 Å². The van der Waals surface area contributed by atoms with E-state index in [9.17, 15) is 13.2 Å². The Labute approximate surface area is 145 Å².